The van der Waals surface area contributed by atoms with Crippen LogP contribution in [0, 0.1) is 5.92 Å². The van der Waals surface area contributed by atoms with Crippen molar-refractivity contribution in [2.75, 3.05) is 19.6 Å². The fraction of sp³-hybridized carbons (Fsp3) is 0.500. The summed E-state index contributed by atoms with van der Waals surface area (Å²) in [7, 11) is 0. The van der Waals surface area contributed by atoms with Crippen LogP contribution in [0.4, 0.5) is 0 Å². The van der Waals surface area contributed by atoms with E-state index in [1.807, 2.05) is 13.8 Å². The van der Waals surface area contributed by atoms with Gasteiger partial charge in [-0.3, -0.25) is 19.4 Å². The van der Waals surface area contributed by atoms with Crippen molar-refractivity contribution >= 4 is 17.7 Å². The van der Waals surface area contributed by atoms with E-state index >= 15 is 0 Å². The summed E-state index contributed by atoms with van der Waals surface area (Å²) >= 11 is 0. The van der Waals surface area contributed by atoms with Crippen molar-refractivity contribution in [1.29, 1.82) is 0 Å². The van der Waals surface area contributed by atoms with Gasteiger partial charge in [-0.05, 0) is 26.0 Å². The molecular weight excluding hydrogens is 296 g/mol. The van der Waals surface area contributed by atoms with Crippen molar-refractivity contribution in [3.05, 3.63) is 30.1 Å². The van der Waals surface area contributed by atoms with Gasteiger partial charge in [0.15, 0.2) is 0 Å². The molecule has 2 rings (SSSR count). The molecule has 1 aliphatic rings. The van der Waals surface area contributed by atoms with E-state index < -0.39 is 0 Å². The molecule has 0 aromatic carbocycles. The first-order chi connectivity index (χ1) is 11.0. The van der Waals surface area contributed by atoms with E-state index in [1.54, 1.807) is 29.4 Å². The molecule has 3 amide bonds. The Kier molecular flexibility index (Phi) is 5.67. The predicted molar refractivity (Wildman–Crippen MR) is 84.5 cm³/mol. The summed E-state index contributed by atoms with van der Waals surface area (Å²) in [6.45, 7) is 5.01. The fourth-order valence-electron chi connectivity index (χ4n) is 2.52. The van der Waals surface area contributed by atoms with Crippen LogP contribution in [0.3, 0.4) is 0 Å². The van der Waals surface area contributed by atoms with Gasteiger partial charge in [-0.25, -0.2) is 0 Å². The highest BCUT2D eigenvalue weighted by molar-refractivity contribution is 5.94. The Bertz CT molecular complexity index is 574. The Morgan fingerprint density at radius 1 is 1.26 bits per heavy atom. The lowest BCUT2D eigenvalue weighted by Crippen LogP contribution is -2.39. The van der Waals surface area contributed by atoms with E-state index in [4.69, 9.17) is 0 Å². The molecule has 1 fully saturated rings. The van der Waals surface area contributed by atoms with Gasteiger partial charge < -0.3 is 15.5 Å². The quantitative estimate of drug-likeness (QED) is 0.732. The van der Waals surface area contributed by atoms with E-state index in [2.05, 4.69) is 15.6 Å². The van der Waals surface area contributed by atoms with Gasteiger partial charge in [-0.1, -0.05) is 0 Å². The Hall–Kier alpha value is -2.44. The topological polar surface area (TPSA) is 91.4 Å². The fourth-order valence-corrected chi connectivity index (χ4v) is 2.52. The number of nitrogens with zero attached hydrogens (tertiary/aromatic N) is 2. The molecule has 0 bridgehead atoms. The van der Waals surface area contributed by atoms with Gasteiger partial charge >= 0.3 is 0 Å². The number of hydrogen-bond donors (Lipinski definition) is 2. The summed E-state index contributed by atoms with van der Waals surface area (Å²) < 4.78 is 0. The van der Waals surface area contributed by atoms with Crippen LogP contribution in [0.15, 0.2) is 24.5 Å². The molecule has 0 aliphatic carbocycles. The first-order valence-electron chi connectivity index (χ1n) is 7.74. The maximum absolute atomic E-state index is 12.1. The Morgan fingerprint density at radius 2 is 1.91 bits per heavy atom. The number of aromatic nitrogens is 1. The first-order valence-corrected chi connectivity index (χ1v) is 7.74. The van der Waals surface area contributed by atoms with E-state index in [0.29, 0.717) is 25.2 Å². The minimum absolute atomic E-state index is 0.0196. The number of nitrogens with one attached hydrogen (secondary N) is 2. The summed E-state index contributed by atoms with van der Waals surface area (Å²) in [6, 6.07) is 3.36. The minimum Gasteiger partial charge on any atom is -0.354 e. The molecule has 2 heterocycles. The smallest absolute Gasteiger partial charge is 0.251 e. The monoisotopic (exact) mass is 318 g/mol. The van der Waals surface area contributed by atoms with Crippen molar-refractivity contribution < 1.29 is 14.4 Å². The molecule has 0 radical (unpaired) electrons. The molecule has 0 saturated carbocycles. The Labute approximate surface area is 135 Å². The molecule has 23 heavy (non-hydrogen) atoms. The lowest BCUT2D eigenvalue weighted by atomic mass is 10.1. The van der Waals surface area contributed by atoms with Gasteiger partial charge in [-0.15, -0.1) is 0 Å². The standard InChI is InChI=1S/C16H22N4O3/c1-11(2)20-10-13(9-14(20)21)16(23)19-8-7-18-15(22)12-3-5-17-6-4-12/h3-6,11,13H,7-10H2,1-2H3,(H,18,22)(H,19,23). The number of carbonyl (C=O) groups excluding carboxylic acids is 3. The third-order valence-corrected chi connectivity index (χ3v) is 3.80. The van der Waals surface area contributed by atoms with Crippen LogP contribution in [0.25, 0.3) is 0 Å². The number of carbonyl (C=O) groups is 3. The number of pyridine rings is 1. The van der Waals surface area contributed by atoms with Crippen molar-refractivity contribution in [3.8, 4) is 0 Å². The molecule has 7 nitrogen and oxygen atoms in total. The normalized spacial score (nSPS) is 17.4. The average molecular weight is 318 g/mol. The van der Waals surface area contributed by atoms with E-state index in [-0.39, 0.29) is 36.1 Å². The number of hydrogen-bond acceptors (Lipinski definition) is 4. The summed E-state index contributed by atoms with van der Waals surface area (Å²) in [6.07, 6.45) is 3.36. The SMILES string of the molecule is CC(C)N1CC(C(=O)NCCNC(=O)c2ccncc2)CC1=O. The van der Waals surface area contributed by atoms with E-state index in [0.717, 1.165) is 0 Å². The molecule has 1 aromatic rings. The number of amides is 3. The highest BCUT2D eigenvalue weighted by Crippen LogP contribution is 2.19. The third kappa shape index (κ3) is 4.51. The predicted octanol–water partition coefficient (Wildman–Crippen LogP) is 0.185. The number of likely N-dealkylation sites (tertiary alicyclic amines) is 1. The Balaban J connectivity index is 1.70. The van der Waals surface area contributed by atoms with Gasteiger partial charge in [0, 0.05) is 50.1 Å². The third-order valence-electron chi connectivity index (χ3n) is 3.80. The molecular formula is C16H22N4O3. The average Bonchev–Trinajstić information content (AvgIpc) is 2.94. The van der Waals surface area contributed by atoms with Crippen molar-refractivity contribution in [1.82, 2.24) is 20.5 Å². The summed E-state index contributed by atoms with van der Waals surface area (Å²) in [5.74, 6) is -0.629. The van der Waals surface area contributed by atoms with Gasteiger partial charge in [0.2, 0.25) is 11.8 Å². The summed E-state index contributed by atoms with van der Waals surface area (Å²) in [5.41, 5.74) is 0.528. The van der Waals surface area contributed by atoms with Crippen LogP contribution in [0.2, 0.25) is 0 Å². The maximum Gasteiger partial charge on any atom is 0.251 e. The van der Waals surface area contributed by atoms with Crippen LogP contribution in [0.1, 0.15) is 30.6 Å². The lowest BCUT2D eigenvalue weighted by Gasteiger charge is -2.20. The second kappa shape index (κ2) is 7.71. The van der Waals surface area contributed by atoms with Crippen LogP contribution in [-0.4, -0.2) is 53.3 Å². The summed E-state index contributed by atoms with van der Waals surface area (Å²) in [4.78, 5) is 41.2. The zero-order valence-electron chi connectivity index (χ0n) is 13.4. The second-order valence-corrected chi connectivity index (χ2v) is 5.82. The second-order valence-electron chi connectivity index (χ2n) is 5.82. The number of rotatable bonds is 6. The molecule has 1 aliphatic heterocycles. The van der Waals surface area contributed by atoms with Crippen LogP contribution >= 0.6 is 0 Å². The highest BCUT2D eigenvalue weighted by Gasteiger charge is 2.35. The first kappa shape index (κ1) is 16.9. The lowest BCUT2D eigenvalue weighted by molar-refractivity contribution is -0.129. The van der Waals surface area contributed by atoms with Gasteiger partial charge in [-0.2, -0.15) is 0 Å². The maximum atomic E-state index is 12.1. The molecule has 1 atom stereocenters. The largest absolute Gasteiger partial charge is 0.354 e. The molecule has 124 valence electrons. The van der Waals surface area contributed by atoms with Gasteiger partial charge in [0.05, 0.1) is 5.92 Å². The summed E-state index contributed by atoms with van der Waals surface area (Å²) in [5, 5.41) is 5.49. The van der Waals surface area contributed by atoms with Crippen LogP contribution < -0.4 is 10.6 Å². The molecule has 2 N–H and O–H groups in total. The molecule has 1 aromatic heterocycles. The van der Waals surface area contributed by atoms with Crippen LogP contribution in [-0.2, 0) is 9.59 Å². The van der Waals surface area contributed by atoms with Gasteiger partial charge in [0.1, 0.15) is 0 Å². The van der Waals surface area contributed by atoms with Crippen molar-refractivity contribution in [2.45, 2.75) is 26.3 Å². The van der Waals surface area contributed by atoms with Crippen molar-refractivity contribution in [2.24, 2.45) is 5.92 Å². The van der Waals surface area contributed by atoms with Gasteiger partial charge in [0.25, 0.3) is 5.91 Å². The molecule has 1 saturated heterocycles. The molecule has 1 unspecified atom stereocenters. The van der Waals surface area contributed by atoms with E-state index in [1.165, 1.54) is 0 Å². The Morgan fingerprint density at radius 3 is 2.52 bits per heavy atom. The van der Waals surface area contributed by atoms with Crippen molar-refractivity contribution in [3.63, 3.8) is 0 Å². The zero-order chi connectivity index (χ0) is 16.8. The van der Waals surface area contributed by atoms with E-state index in [9.17, 15) is 14.4 Å². The minimum atomic E-state index is -0.305. The molecule has 7 heteroatoms. The molecule has 0 spiro atoms. The zero-order valence-corrected chi connectivity index (χ0v) is 13.4. The van der Waals surface area contributed by atoms with Crippen LogP contribution in [0.5, 0.6) is 0 Å². The highest BCUT2D eigenvalue weighted by atomic mass is 16.2.